The van der Waals surface area contributed by atoms with Gasteiger partial charge in [-0.2, -0.15) is 5.26 Å². The number of primary amides is 1. The minimum Gasteiger partial charge on any atom is -0.446 e. The molecular weight excluding hydrogens is 461 g/mol. The van der Waals surface area contributed by atoms with Crippen molar-refractivity contribution in [3.05, 3.63) is 44.3 Å². The Kier molecular flexibility index (Phi) is 5.32. The summed E-state index contributed by atoms with van der Waals surface area (Å²) >= 11 is 4.78. The number of thiophene rings is 1. The predicted molar refractivity (Wildman–Crippen MR) is 109 cm³/mol. The van der Waals surface area contributed by atoms with Crippen molar-refractivity contribution in [3.8, 4) is 17.2 Å². The first kappa shape index (κ1) is 19.9. The molecule has 29 heavy (non-hydrogen) atoms. The van der Waals surface area contributed by atoms with Crippen molar-refractivity contribution in [1.29, 1.82) is 5.26 Å². The molecule has 2 fully saturated rings. The maximum Gasteiger partial charge on any atom is 0.404 e. The number of halogens is 2. The Balaban J connectivity index is 1.57. The molecule has 0 saturated carbocycles. The van der Waals surface area contributed by atoms with Crippen LogP contribution in [0.5, 0.6) is 0 Å². The number of nitrogens with zero attached hydrogens (tertiary/aromatic N) is 2. The van der Waals surface area contributed by atoms with E-state index in [-0.39, 0.29) is 29.7 Å². The van der Waals surface area contributed by atoms with Crippen LogP contribution in [-0.4, -0.2) is 35.1 Å². The Labute approximate surface area is 179 Å². The highest BCUT2D eigenvalue weighted by Crippen LogP contribution is 2.41. The highest BCUT2D eigenvalue weighted by molar-refractivity contribution is 9.11. The fourth-order valence-electron chi connectivity index (χ4n) is 4.29. The number of fused-ring (bicyclic) bond motifs is 2. The zero-order valence-electron chi connectivity index (χ0n) is 15.2. The first-order chi connectivity index (χ1) is 13.9. The average Bonchev–Trinajstić information content (AvgIpc) is 3.18. The average molecular weight is 478 g/mol. The van der Waals surface area contributed by atoms with E-state index in [2.05, 4.69) is 15.9 Å². The molecule has 3 heterocycles. The van der Waals surface area contributed by atoms with Gasteiger partial charge in [-0.3, -0.25) is 4.79 Å². The summed E-state index contributed by atoms with van der Waals surface area (Å²) in [5, 5.41) is 8.90. The normalized spacial score (nSPS) is 22.9. The van der Waals surface area contributed by atoms with Crippen LogP contribution in [0, 0.1) is 17.1 Å². The molecule has 4 rings (SSSR count). The topological polar surface area (TPSA) is 96.4 Å². The zero-order valence-corrected chi connectivity index (χ0v) is 17.6. The molecule has 1 aromatic carbocycles. The van der Waals surface area contributed by atoms with Crippen LogP contribution in [0.1, 0.15) is 40.9 Å². The Bertz CT molecular complexity index is 1020. The van der Waals surface area contributed by atoms with Crippen molar-refractivity contribution in [1.82, 2.24) is 4.90 Å². The molecule has 2 N–H and O–H groups in total. The number of amides is 2. The lowest BCUT2D eigenvalue weighted by atomic mass is 9.99. The van der Waals surface area contributed by atoms with Crippen molar-refractivity contribution in [2.45, 2.75) is 43.9 Å². The van der Waals surface area contributed by atoms with E-state index in [4.69, 9.17) is 15.7 Å². The van der Waals surface area contributed by atoms with Crippen LogP contribution in [0.15, 0.2) is 28.1 Å². The van der Waals surface area contributed by atoms with Gasteiger partial charge in [0.1, 0.15) is 18.0 Å². The quantitative estimate of drug-likeness (QED) is 0.707. The van der Waals surface area contributed by atoms with E-state index in [1.807, 2.05) is 4.90 Å². The van der Waals surface area contributed by atoms with Gasteiger partial charge in [-0.05, 0) is 52.5 Å². The lowest BCUT2D eigenvalue weighted by Gasteiger charge is -2.38. The molecule has 2 amide bonds. The third kappa shape index (κ3) is 3.74. The number of nitrogens with two attached hydrogens (primary N) is 1. The summed E-state index contributed by atoms with van der Waals surface area (Å²) in [6.07, 6.45) is 1.89. The number of carbonyl (C=O) groups is 2. The van der Waals surface area contributed by atoms with Gasteiger partial charge in [0.15, 0.2) is 0 Å². The fourth-order valence-corrected chi connectivity index (χ4v) is 6.01. The van der Waals surface area contributed by atoms with Crippen LogP contribution in [0.2, 0.25) is 0 Å². The predicted octanol–water partition coefficient (Wildman–Crippen LogP) is 4.42. The smallest absolute Gasteiger partial charge is 0.404 e. The maximum atomic E-state index is 14.0. The highest BCUT2D eigenvalue weighted by Gasteiger charge is 2.45. The standard InChI is InChI=1S/C20H17BrFN3O3S/c21-18-15(10-1-2-11(9-23)16(22)5-10)8-17(29-18)19(26)25-12-3-4-13(25)7-14(6-12)28-20(24)27/h1-2,5,8,12-14H,3-4,6-7H2,(H2,24,27). The number of piperidine rings is 1. The second-order valence-electron chi connectivity index (χ2n) is 7.23. The van der Waals surface area contributed by atoms with Crippen molar-refractivity contribution >= 4 is 39.3 Å². The molecule has 2 aromatic rings. The van der Waals surface area contributed by atoms with Gasteiger partial charge in [-0.25, -0.2) is 9.18 Å². The van der Waals surface area contributed by atoms with Crippen molar-refractivity contribution < 1.29 is 18.7 Å². The van der Waals surface area contributed by atoms with Crippen LogP contribution in [0.3, 0.4) is 0 Å². The SMILES string of the molecule is N#Cc1ccc(-c2cc(C(=O)N3C4CCC3CC(OC(N)=O)C4)sc2Br)cc1F. The molecular formula is C20H17BrFN3O3S. The summed E-state index contributed by atoms with van der Waals surface area (Å²) in [7, 11) is 0. The Morgan fingerprint density at radius 2 is 1.97 bits per heavy atom. The molecule has 2 aliphatic rings. The van der Waals surface area contributed by atoms with Crippen LogP contribution in [-0.2, 0) is 4.74 Å². The van der Waals surface area contributed by atoms with Gasteiger partial charge in [0.2, 0.25) is 0 Å². The van der Waals surface area contributed by atoms with Crippen molar-refractivity contribution in [2.75, 3.05) is 0 Å². The molecule has 0 radical (unpaired) electrons. The van der Waals surface area contributed by atoms with Crippen molar-refractivity contribution in [3.63, 3.8) is 0 Å². The molecule has 2 aliphatic heterocycles. The van der Waals surface area contributed by atoms with Crippen molar-refractivity contribution in [2.24, 2.45) is 5.73 Å². The monoisotopic (exact) mass is 477 g/mol. The van der Waals surface area contributed by atoms with Crippen LogP contribution < -0.4 is 5.73 Å². The van der Waals surface area contributed by atoms with E-state index in [0.29, 0.717) is 28.8 Å². The lowest BCUT2D eigenvalue weighted by molar-refractivity contribution is 0.0207. The van der Waals surface area contributed by atoms with Crippen LogP contribution in [0.25, 0.3) is 11.1 Å². The number of hydrogen-bond donors (Lipinski definition) is 1. The van der Waals surface area contributed by atoms with E-state index in [0.717, 1.165) is 16.6 Å². The largest absolute Gasteiger partial charge is 0.446 e. The molecule has 0 aliphatic carbocycles. The third-order valence-corrected chi connectivity index (χ3v) is 7.33. The minimum absolute atomic E-state index is 0.0160. The Morgan fingerprint density at radius 1 is 1.28 bits per heavy atom. The molecule has 2 atom stereocenters. The molecule has 2 saturated heterocycles. The minimum atomic E-state index is -0.782. The molecule has 150 valence electrons. The molecule has 2 unspecified atom stereocenters. The van der Waals surface area contributed by atoms with Gasteiger partial charge < -0.3 is 15.4 Å². The Hall–Kier alpha value is -2.44. The van der Waals surface area contributed by atoms with Crippen LogP contribution in [0.4, 0.5) is 9.18 Å². The van der Waals surface area contributed by atoms with Gasteiger partial charge >= 0.3 is 6.09 Å². The second-order valence-corrected chi connectivity index (χ2v) is 9.60. The maximum absolute atomic E-state index is 14.0. The number of rotatable bonds is 3. The molecule has 6 nitrogen and oxygen atoms in total. The molecule has 1 aromatic heterocycles. The fraction of sp³-hybridized carbons (Fsp3) is 0.350. The summed E-state index contributed by atoms with van der Waals surface area (Å²) in [6, 6.07) is 7.99. The van der Waals surface area contributed by atoms with E-state index < -0.39 is 11.9 Å². The summed E-state index contributed by atoms with van der Waals surface area (Å²) in [5.41, 5.74) is 6.42. The molecule has 2 bridgehead atoms. The molecule has 9 heteroatoms. The third-order valence-electron chi connectivity index (χ3n) is 5.51. The number of ether oxygens (including phenoxy) is 1. The molecule has 0 spiro atoms. The second kappa shape index (κ2) is 7.76. The van der Waals surface area contributed by atoms with Gasteiger partial charge in [0.05, 0.1) is 14.2 Å². The van der Waals surface area contributed by atoms with Gasteiger partial charge in [-0.1, -0.05) is 6.07 Å². The van der Waals surface area contributed by atoms with Gasteiger partial charge in [-0.15, -0.1) is 11.3 Å². The number of carbonyl (C=O) groups excluding carboxylic acids is 2. The summed E-state index contributed by atoms with van der Waals surface area (Å²) in [6.45, 7) is 0. The number of nitriles is 1. The summed E-state index contributed by atoms with van der Waals surface area (Å²) < 4.78 is 19.9. The Morgan fingerprint density at radius 3 is 2.55 bits per heavy atom. The summed E-state index contributed by atoms with van der Waals surface area (Å²) in [5.74, 6) is -0.661. The van der Waals surface area contributed by atoms with E-state index in [1.54, 1.807) is 18.2 Å². The zero-order chi connectivity index (χ0) is 20.7. The van der Waals surface area contributed by atoms with Gasteiger partial charge in [0, 0.05) is 30.5 Å². The van der Waals surface area contributed by atoms with E-state index in [9.17, 15) is 14.0 Å². The first-order valence-corrected chi connectivity index (χ1v) is 10.8. The van der Waals surface area contributed by atoms with E-state index in [1.165, 1.54) is 23.5 Å². The first-order valence-electron chi connectivity index (χ1n) is 9.15. The van der Waals surface area contributed by atoms with Gasteiger partial charge in [0.25, 0.3) is 5.91 Å². The number of hydrogen-bond acceptors (Lipinski definition) is 5. The number of benzene rings is 1. The highest BCUT2D eigenvalue weighted by atomic mass is 79.9. The van der Waals surface area contributed by atoms with E-state index >= 15 is 0 Å². The lowest BCUT2D eigenvalue weighted by Crippen LogP contribution is -2.49. The van der Waals surface area contributed by atoms with Crippen LogP contribution >= 0.6 is 27.3 Å². The summed E-state index contributed by atoms with van der Waals surface area (Å²) in [4.78, 5) is 26.7.